The highest BCUT2D eigenvalue weighted by Gasteiger charge is 2.14. The Morgan fingerprint density at radius 1 is 1.17 bits per heavy atom. The van der Waals surface area contributed by atoms with Gasteiger partial charge < -0.3 is 4.74 Å². The molecule has 1 unspecified atom stereocenters. The lowest BCUT2D eigenvalue weighted by atomic mass is 10.1. The van der Waals surface area contributed by atoms with Crippen molar-refractivity contribution in [2.45, 2.75) is 26.9 Å². The Bertz CT molecular complexity index is 711. The van der Waals surface area contributed by atoms with Gasteiger partial charge in [0.15, 0.2) is 6.10 Å². The van der Waals surface area contributed by atoms with E-state index in [0.29, 0.717) is 10.8 Å². The third kappa shape index (κ3) is 5.11. The standard InChI is InChI=1S/C18H19ClN2O2/c1-12-4-9-17(10-13(12)2)23-14(3)18(22)21-20-11-15-5-7-16(19)8-6-15/h4-11,14H,1-3H3,(H,21,22)/b20-11+. The van der Waals surface area contributed by atoms with Gasteiger partial charge in [-0.25, -0.2) is 5.43 Å². The smallest absolute Gasteiger partial charge is 0.280 e. The molecule has 1 amide bonds. The summed E-state index contributed by atoms with van der Waals surface area (Å²) < 4.78 is 5.63. The van der Waals surface area contributed by atoms with Gasteiger partial charge in [-0.3, -0.25) is 4.79 Å². The van der Waals surface area contributed by atoms with Crippen LogP contribution < -0.4 is 10.2 Å². The Balaban J connectivity index is 1.89. The van der Waals surface area contributed by atoms with Gasteiger partial charge in [0, 0.05) is 5.02 Å². The van der Waals surface area contributed by atoms with E-state index in [-0.39, 0.29) is 5.91 Å². The number of benzene rings is 2. The third-order valence-electron chi connectivity index (χ3n) is 3.42. The number of aryl methyl sites for hydroxylation is 2. The van der Waals surface area contributed by atoms with Crippen LogP contribution in [-0.4, -0.2) is 18.2 Å². The van der Waals surface area contributed by atoms with Gasteiger partial charge in [-0.05, 0) is 61.7 Å². The van der Waals surface area contributed by atoms with Gasteiger partial charge in [-0.1, -0.05) is 29.8 Å². The summed E-state index contributed by atoms with van der Waals surface area (Å²) in [5.74, 6) is 0.353. The van der Waals surface area contributed by atoms with E-state index in [4.69, 9.17) is 16.3 Å². The molecule has 1 N–H and O–H groups in total. The quantitative estimate of drug-likeness (QED) is 0.668. The first kappa shape index (κ1) is 17.0. The van der Waals surface area contributed by atoms with Crippen LogP contribution in [0.1, 0.15) is 23.6 Å². The second-order valence-corrected chi connectivity index (χ2v) is 5.73. The van der Waals surface area contributed by atoms with Crippen LogP contribution in [0.2, 0.25) is 5.02 Å². The van der Waals surface area contributed by atoms with Crippen LogP contribution in [-0.2, 0) is 4.79 Å². The molecule has 5 heteroatoms. The fraction of sp³-hybridized carbons (Fsp3) is 0.222. The minimum absolute atomic E-state index is 0.312. The van der Waals surface area contributed by atoms with Crippen molar-refractivity contribution >= 4 is 23.7 Å². The molecule has 120 valence electrons. The van der Waals surface area contributed by atoms with E-state index in [2.05, 4.69) is 10.5 Å². The highest BCUT2D eigenvalue weighted by Crippen LogP contribution is 2.17. The van der Waals surface area contributed by atoms with Crippen molar-refractivity contribution in [1.29, 1.82) is 0 Å². The highest BCUT2D eigenvalue weighted by molar-refractivity contribution is 6.30. The van der Waals surface area contributed by atoms with E-state index in [0.717, 1.165) is 11.1 Å². The summed E-state index contributed by atoms with van der Waals surface area (Å²) in [6.45, 7) is 5.71. The SMILES string of the molecule is Cc1ccc(OC(C)C(=O)N/N=C/c2ccc(Cl)cc2)cc1C. The molecule has 2 aromatic carbocycles. The number of amides is 1. The number of nitrogens with one attached hydrogen (secondary N) is 1. The number of ether oxygens (including phenoxy) is 1. The summed E-state index contributed by atoms with van der Waals surface area (Å²) in [4.78, 5) is 12.0. The number of carbonyl (C=O) groups excluding carboxylic acids is 1. The molecule has 0 aliphatic carbocycles. The van der Waals surface area contributed by atoms with Crippen molar-refractivity contribution in [3.05, 3.63) is 64.2 Å². The number of carbonyl (C=O) groups is 1. The lowest BCUT2D eigenvalue weighted by Gasteiger charge is -2.14. The van der Waals surface area contributed by atoms with Gasteiger partial charge in [0.2, 0.25) is 0 Å². The lowest BCUT2D eigenvalue weighted by molar-refractivity contribution is -0.127. The Labute approximate surface area is 141 Å². The van der Waals surface area contributed by atoms with Crippen LogP contribution in [0.5, 0.6) is 5.75 Å². The van der Waals surface area contributed by atoms with Crippen LogP contribution in [0.3, 0.4) is 0 Å². The number of hydrogen-bond donors (Lipinski definition) is 1. The molecule has 0 bridgehead atoms. The number of hydrazone groups is 1. The van der Waals surface area contributed by atoms with E-state index < -0.39 is 6.10 Å². The molecular formula is C18H19ClN2O2. The number of nitrogens with zero attached hydrogens (tertiary/aromatic N) is 1. The van der Waals surface area contributed by atoms with Crippen molar-refractivity contribution < 1.29 is 9.53 Å². The molecule has 0 radical (unpaired) electrons. The molecule has 0 heterocycles. The minimum Gasteiger partial charge on any atom is -0.481 e. The number of hydrogen-bond acceptors (Lipinski definition) is 3. The second-order valence-electron chi connectivity index (χ2n) is 5.29. The summed E-state index contributed by atoms with van der Waals surface area (Å²) in [5, 5.41) is 4.57. The molecule has 0 aliphatic heterocycles. The van der Waals surface area contributed by atoms with Gasteiger partial charge >= 0.3 is 0 Å². The lowest BCUT2D eigenvalue weighted by Crippen LogP contribution is -2.33. The maximum Gasteiger partial charge on any atom is 0.280 e. The molecule has 23 heavy (non-hydrogen) atoms. The summed E-state index contributed by atoms with van der Waals surface area (Å²) in [6.07, 6.45) is 0.913. The topological polar surface area (TPSA) is 50.7 Å². The Morgan fingerprint density at radius 3 is 2.52 bits per heavy atom. The average molecular weight is 331 g/mol. The average Bonchev–Trinajstić information content (AvgIpc) is 2.52. The van der Waals surface area contributed by atoms with Gasteiger partial charge in [0.05, 0.1) is 6.21 Å². The zero-order valence-electron chi connectivity index (χ0n) is 13.3. The minimum atomic E-state index is -0.639. The van der Waals surface area contributed by atoms with Crippen LogP contribution in [0.15, 0.2) is 47.6 Å². The van der Waals surface area contributed by atoms with Gasteiger partial charge in [0.1, 0.15) is 5.75 Å². The Kier molecular flexibility index (Phi) is 5.77. The van der Waals surface area contributed by atoms with Crippen LogP contribution in [0, 0.1) is 13.8 Å². The predicted octanol–water partition coefficient (Wildman–Crippen LogP) is 3.87. The molecule has 0 saturated carbocycles. The van der Waals surface area contributed by atoms with Crippen molar-refractivity contribution in [3.63, 3.8) is 0 Å². The van der Waals surface area contributed by atoms with Crippen molar-refractivity contribution in [1.82, 2.24) is 5.43 Å². The number of rotatable bonds is 5. The van der Waals surface area contributed by atoms with Gasteiger partial charge in [-0.15, -0.1) is 0 Å². The Morgan fingerprint density at radius 2 is 1.87 bits per heavy atom. The molecule has 2 rings (SSSR count). The predicted molar refractivity (Wildman–Crippen MR) is 93.2 cm³/mol. The maximum atomic E-state index is 12.0. The van der Waals surface area contributed by atoms with Gasteiger partial charge in [0.25, 0.3) is 5.91 Å². The zero-order valence-corrected chi connectivity index (χ0v) is 14.1. The summed E-state index contributed by atoms with van der Waals surface area (Å²) >= 11 is 5.80. The molecule has 2 aromatic rings. The van der Waals surface area contributed by atoms with Gasteiger partial charge in [-0.2, -0.15) is 5.10 Å². The molecular weight excluding hydrogens is 312 g/mol. The largest absolute Gasteiger partial charge is 0.481 e. The van der Waals surface area contributed by atoms with E-state index >= 15 is 0 Å². The first-order valence-electron chi connectivity index (χ1n) is 7.28. The normalized spacial score (nSPS) is 12.2. The van der Waals surface area contributed by atoms with Crippen LogP contribution >= 0.6 is 11.6 Å². The molecule has 0 aliphatic rings. The molecule has 0 saturated heterocycles. The fourth-order valence-corrected chi connectivity index (χ4v) is 1.98. The molecule has 0 spiro atoms. The highest BCUT2D eigenvalue weighted by atomic mass is 35.5. The van der Waals surface area contributed by atoms with E-state index in [9.17, 15) is 4.79 Å². The fourth-order valence-electron chi connectivity index (χ4n) is 1.86. The Hall–Kier alpha value is -2.33. The summed E-state index contributed by atoms with van der Waals surface area (Å²) in [5.41, 5.74) is 5.61. The third-order valence-corrected chi connectivity index (χ3v) is 3.67. The van der Waals surface area contributed by atoms with Crippen molar-refractivity contribution in [2.24, 2.45) is 5.10 Å². The summed E-state index contributed by atoms with van der Waals surface area (Å²) in [7, 11) is 0. The molecule has 0 fully saturated rings. The van der Waals surface area contributed by atoms with E-state index in [1.165, 1.54) is 5.56 Å². The first-order chi connectivity index (χ1) is 11.0. The molecule has 4 nitrogen and oxygen atoms in total. The van der Waals surface area contributed by atoms with E-state index in [1.807, 2.05) is 44.2 Å². The number of halogens is 1. The summed E-state index contributed by atoms with van der Waals surface area (Å²) in [6, 6.07) is 12.9. The van der Waals surface area contributed by atoms with Crippen molar-refractivity contribution in [2.75, 3.05) is 0 Å². The van der Waals surface area contributed by atoms with Crippen LogP contribution in [0.4, 0.5) is 0 Å². The van der Waals surface area contributed by atoms with Crippen molar-refractivity contribution in [3.8, 4) is 5.75 Å². The molecule has 0 aromatic heterocycles. The monoisotopic (exact) mass is 330 g/mol. The first-order valence-corrected chi connectivity index (χ1v) is 7.66. The van der Waals surface area contributed by atoms with E-state index in [1.54, 1.807) is 25.3 Å². The zero-order chi connectivity index (χ0) is 16.8. The maximum absolute atomic E-state index is 12.0. The molecule has 1 atom stereocenters. The second kappa shape index (κ2) is 7.79. The van der Waals surface area contributed by atoms with Crippen LogP contribution in [0.25, 0.3) is 0 Å².